The highest BCUT2D eigenvalue weighted by Crippen LogP contribution is 2.20. The molecule has 2 fully saturated rings. The Labute approximate surface area is 138 Å². The lowest BCUT2D eigenvalue weighted by molar-refractivity contribution is 0.183. The van der Waals surface area contributed by atoms with Gasteiger partial charge in [0.15, 0.2) is 9.84 Å². The van der Waals surface area contributed by atoms with Gasteiger partial charge in [-0.15, -0.1) is 0 Å². The molecule has 6 nitrogen and oxygen atoms in total. The molecule has 1 aromatic heterocycles. The average molecular weight is 339 g/mol. The summed E-state index contributed by atoms with van der Waals surface area (Å²) in [6.45, 7) is 2.87. The Morgan fingerprint density at radius 2 is 2.09 bits per heavy atom. The van der Waals surface area contributed by atoms with E-state index in [-0.39, 0.29) is 6.04 Å². The molecule has 1 aromatic rings. The molecule has 7 heteroatoms. The van der Waals surface area contributed by atoms with Crippen LogP contribution in [0.1, 0.15) is 24.8 Å². The number of hydrogen-bond donors (Lipinski definition) is 1. The van der Waals surface area contributed by atoms with Crippen LogP contribution in [0, 0.1) is 0 Å². The standard InChI is InChI=1S/C16H25N3O3S/c1-22-16-13(3-2-7-17-16)11-19-8-4-14(5-9-19)18-15-6-10-23(20,21)12-15/h2-3,7,14-15,18H,4-6,8-12H2,1H3. The molecular weight excluding hydrogens is 314 g/mol. The second kappa shape index (κ2) is 7.15. The highest BCUT2D eigenvalue weighted by molar-refractivity contribution is 7.91. The third-order valence-electron chi connectivity index (χ3n) is 4.73. The van der Waals surface area contributed by atoms with Crippen molar-refractivity contribution in [2.24, 2.45) is 0 Å². The van der Waals surface area contributed by atoms with Gasteiger partial charge in [-0.25, -0.2) is 13.4 Å². The van der Waals surface area contributed by atoms with Gasteiger partial charge >= 0.3 is 0 Å². The van der Waals surface area contributed by atoms with E-state index >= 15 is 0 Å². The van der Waals surface area contributed by atoms with Gasteiger partial charge in [0.25, 0.3) is 0 Å². The molecule has 0 bridgehead atoms. The topological polar surface area (TPSA) is 71.5 Å². The first-order valence-electron chi connectivity index (χ1n) is 8.22. The number of ether oxygens (including phenoxy) is 1. The Bertz CT molecular complexity index is 627. The number of nitrogens with one attached hydrogen (secondary N) is 1. The Morgan fingerprint density at radius 1 is 1.30 bits per heavy atom. The fourth-order valence-electron chi connectivity index (χ4n) is 3.49. The van der Waals surface area contributed by atoms with E-state index in [0.29, 0.717) is 23.4 Å². The minimum atomic E-state index is -2.80. The van der Waals surface area contributed by atoms with E-state index in [0.717, 1.165) is 44.5 Å². The van der Waals surface area contributed by atoms with E-state index in [1.807, 2.05) is 6.07 Å². The lowest BCUT2D eigenvalue weighted by Crippen LogP contribution is -2.46. The number of piperidine rings is 1. The normalized spacial score (nSPS) is 25.5. The Balaban J connectivity index is 1.47. The first-order chi connectivity index (χ1) is 11.1. The number of pyridine rings is 1. The lowest BCUT2D eigenvalue weighted by Gasteiger charge is -2.33. The van der Waals surface area contributed by atoms with Crippen molar-refractivity contribution in [3.8, 4) is 5.88 Å². The number of nitrogens with zero attached hydrogens (tertiary/aromatic N) is 2. The third kappa shape index (κ3) is 4.43. The molecule has 0 radical (unpaired) electrons. The number of rotatable bonds is 5. The molecule has 0 amide bonds. The van der Waals surface area contributed by atoms with Gasteiger partial charge in [-0.3, -0.25) is 4.90 Å². The molecule has 0 saturated carbocycles. The van der Waals surface area contributed by atoms with Crippen LogP contribution < -0.4 is 10.1 Å². The number of likely N-dealkylation sites (tertiary alicyclic amines) is 1. The molecule has 2 aliphatic rings. The zero-order valence-electron chi connectivity index (χ0n) is 13.6. The van der Waals surface area contributed by atoms with Crippen molar-refractivity contribution >= 4 is 9.84 Å². The summed E-state index contributed by atoms with van der Waals surface area (Å²) in [5.74, 6) is 1.34. The summed E-state index contributed by atoms with van der Waals surface area (Å²) in [4.78, 5) is 6.65. The van der Waals surface area contributed by atoms with Gasteiger partial charge < -0.3 is 10.1 Å². The van der Waals surface area contributed by atoms with Crippen molar-refractivity contribution in [2.45, 2.75) is 37.9 Å². The van der Waals surface area contributed by atoms with Crippen molar-refractivity contribution in [1.82, 2.24) is 15.2 Å². The van der Waals surface area contributed by atoms with Gasteiger partial charge in [0.05, 0.1) is 18.6 Å². The monoisotopic (exact) mass is 339 g/mol. The van der Waals surface area contributed by atoms with Crippen molar-refractivity contribution in [1.29, 1.82) is 0 Å². The van der Waals surface area contributed by atoms with Gasteiger partial charge in [0, 0.05) is 30.4 Å². The van der Waals surface area contributed by atoms with Crippen LogP contribution in [0.15, 0.2) is 18.3 Å². The van der Waals surface area contributed by atoms with E-state index in [1.54, 1.807) is 13.3 Å². The molecule has 1 N–H and O–H groups in total. The number of aromatic nitrogens is 1. The summed E-state index contributed by atoms with van der Waals surface area (Å²) in [7, 11) is -1.15. The van der Waals surface area contributed by atoms with Crippen molar-refractivity contribution < 1.29 is 13.2 Å². The van der Waals surface area contributed by atoms with Crippen LogP contribution in [0.3, 0.4) is 0 Å². The molecule has 3 rings (SSSR count). The summed E-state index contributed by atoms with van der Waals surface area (Å²) in [6, 6.07) is 4.57. The molecule has 0 aromatic carbocycles. The fourth-order valence-corrected chi connectivity index (χ4v) is 5.17. The van der Waals surface area contributed by atoms with Crippen LogP contribution in [0.25, 0.3) is 0 Å². The van der Waals surface area contributed by atoms with Crippen molar-refractivity contribution in [2.75, 3.05) is 31.7 Å². The molecule has 23 heavy (non-hydrogen) atoms. The second-order valence-corrected chi connectivity index (χ2v) is 8.72. The number of sulfone groups is 1. The number of methoxy groups -OCH3 is 1. The second-order valence-electron chi connectivity index (χ2n) is 6.49. The van der Waals surface area contributed by atoms with E-state index in [4.69, 9.17) is 4.74 Å². The van der Waals surface area contributed by atoms with Crippen LogP contribution in [0.2, 0.25) is 0 Å². The Kier molecular flexibility index (Phi) is 5.18. The minimum Gasteiger partial charge on any atom is -0.481 e. The van der Waals surface area contributed by atoms with Crippen LogP contribution in [0.5, 0.6) is 5.88 Å². The first kappa shape index (κ1) is 16.7. The van der Waals surface area contributed by atoms with Gasteiger partial charge in [-0.2, -0.15) is 0 Å². The Hall–Kier alpha value is -1.18. The predicted molar refractivity (Wildman–Crippen MR) is 89.3 cm³/mol. The van der Waals surface area contributed by atoms with Crippen molar-refractivity contribution in [3.05, 3.63) is 23.9 Å². The molecule has 0 spiro atoms. The van der Waals surface area contributed by atoms with Crippen LogP contribution in [0.4, 0.5) is 0 Å². The summed E-state index contributed by atoms with van der Waals surface area (Å²) >= 11 is 0. The van der Waals surface area contributed by atoms with Crippen LogP contribution in [-0.2, 0) is 16.4 Å². The molecule has 1 unspecified atom stereocenters. The van der Waals surface area contributed by atoms with Gasteiger partial charge in [-0.1, -0.05) is 6.07 Å². The highest BCUT2D eigenvalue weighted by Gasteiger charge is 2.30. The summed E-state index contributed by atoms with van der Waals surface area (Å²) in [5, 5.41) is 3.54. The molecule has 128 valence electrons. The average Bonchev–Trinajstić information content (AvgIpc) is 2.88. The maximum absolute atomic E-state index is 11.5. The van der Waals surface area contributed by atoms with Crippen LogP contribution >= 0.6 is 0 Å². The highest BCUT2D eigenvalue weighted by atomic mass is 32.2. The van der Waals surface area contributed by atoms with Gasteiger partial charge in [-0.05, 0) is 38.4 Å². The minimum absolute atomic E-state index is 0.148. The summed E-state index contributed by atoms with van der Waals surface area (Å²) in [6.07, 6.45) is 4.61. The fraction of sp³-hybridized carbons (Fsp3) is 0.688. The zero-order chi connectivity index (χ0) is 16.3. The lowest BCUT2D eigenvalue weighted by atomic mass is 10.0. The van der Waals surface area contributed by atoms with E-state index in [2.05, 4.69) is 21.3 Å². The van der Waals surface area contributed by atoms with Crippen LogP contribution in [-0.4, -0.2) is 62.1 Å². The maximum Gasteiger partial charge on any atom is 0.217 e. The Morgan fingerprint density at radius 3 is 2.74 bits per heavy atom. The van der Waals surface area contributed by atoms with Gasteiger partial charge in [0.1, 0.15) is 0 Å². The largest absolute Gasteiger partial charge is 0.481 e. The summed E-state index contributed by atoms with van der Waals surface area (Å²) < 4.78 is 28.4. The van der Waals surface area contributed by atoms with Crippen molar-refractivity contribution in [3.63, 3.8) is 0 Å². The first-order valence-corrected chi connectivity index (χ1v) is 10.0. The SMILES string of the molecule is COc1ncccc1CN1CCC(NC2CCS(=O)(=O)C2)CC1. The number of hydrogen-bond acceptors (Lipinski definition) is 6. The quantitative estimate of drug-likeness (QED) is 0.857. The zero-order valence-corrected chi connectivity index (χ0v) is 14.4. The molecule has 1 atom stereocenters. The molecule has 3 heterocycles. The smallest absolute Gasteiger partial charge is 0.217 e. The van der Waals surface area contributed by atoms with E-state index < -0.39 is 9.84 Å². The van der Waals surface area contributed by atoms with Gasteiger partial charge in [0.2, 0.25) is 5.88 Å². The molecular formula is C16H25N3O3S. The molecule has 2 saturated heterocycles. The maximum atomic E-state index is 11.5. The molecule has 0 aliphatic carbocycles. The predicted octanol–water partition coefficient (Wildman–Crippen LogP) is 0.831. The molecule has 2 aliphatic heterocycles. The van der Waals surface area contributed by atoms with E-state index in [9.17, 15) is 8.42 Å². The third-order valence-corrected chi connectivity index (χ3v) is 6.50. The summed E-state index contributed by atoms with van der Waals surface area (Å²) in [5.41, 5.74) is 1.11. The van der Waals surface area contributed by atoms with E-state index in [1.165, 1.54) is 0 Å².